The van der Waals surface area contributed by atoms with Crippen LogP contribution >= 0.6 is 24.0 Å². The van der Waals surface area contributed by atoms with E-state index in [4.69, 9.17) is 12.2 Å². The molecule has 0 fully saturated rings. The van der Waals surface area contributed by atoms with Gasteiger partial charge < -0.3 is 5.32 Å². The molecule has 2 rings (SSSR count). The van der Waals surface area contributed by atoms with E-state index in [0.717, 1.165) is 4.90 Å². The van der Waals surface area contributed by atoms with Crippen molar-refractivity contribution in [1.29, 1.82) is 0 Å². The summed E-state index contributed by atoms with van der Waals surface area (Å²) in [6.07, 6.45) is 0. The van der Waals surface area contributed by atoms with E-state index >= 15 is 0 Å². The predicted octanol–water partition coefficient (Wildman–Crippen LogP) is 2.45. The van der Waals surface area contributed by atoms with E-state index in [0.29, 0.717) is 17.4 Å². The van der Waals surface area contributed by atoms with E-state index in [1.807, 2.05) is 25.1 Å². The summed E-state index contributed by atoms with van der Waals surface area (Å²) >= 11 is 6.45. The fourth-order valence-corrected chi connectivity index (χ4v) is 2.71. The SMILES string of the molecule is CCNC(=S)NNC(=O)CSc1ccc2ccccc2c1. The number of hydrazine groups is 1. The van der Waals surface area contributed by atoms with Gasteiger partial charge >= 0.3 is 0 Å². The van der Waals surface area contributed by atoms with Crippen LogP contribution in [0, 0.1) is 0 Å². The van der Waals surface area contributed by atoms with Crippen molar-refractivity contribution < 1.29 is 4.79 Å². The number of nitrogens with one attached hydrogen (secondary N) is 3. The van der Waals surface area contributed by atoms with Crippen molar-refractivity contribution in [2.24, 2.45) is 0 Å². The van der Waals surface area contributed by atoms with E-state index < -0.39 is 0 Å². The molecule has 1 amide bonds. The van der Waals surface area contributed by atoms with E-state index in [-0.39, 0.29) is 5.91 Å². The highest BCUT2D eigenvalue weighted by Crippen LogP contribution is 2.23. The molecular formula is C15H17N3OS2. The van der Waals surface area contributed by atoms with Crippen LogP contribution in [-0.2, 0) is 4.79 Å². The summed E-state index contributed by atoms with van der Waals surface area (Å²) in [4.78, 5) is 12.8. The Morgan fingerprint density at radius 3 is 2.67 bits per heavy atom. The van der Waals surface area contributed by atoms with Crippen LogP contribution in [-0.4, -0.2) is 23.3 Å². The monoisotopic (exact) mass is 319 g/mol. The Hall–Kier alpha value is -1.79. The summed E-state index contributed by atoms with van der Waals surface area (Å²) in [6.45, 7) is 2.65. The Labute approximate surface area is 133 Å². The molecule has 0 saturated heterocycles. The Bertz CT molecular complexity index is 646. The molecule has 0 atom stereocenters. The standard InChI is InChI=1S/C15H17N3OS2/c1-2-16-15(20)18-17-14(19)10-21-13-8-7-11-5-3-4-6-12(11)9-13/h3-9H,2,10H2,1H3,(H,17,19)(H2,16,18,20). The minimum Gasteiger partial charge on any atom is -0.362 e. The van der Waals surface area contributed by atoms with Crippen molar-refractivity contribution in [2.75, 3.05) is 12.3 Å². The predicted molar refractivity (Wildman–Crippen MR) is 92.2 cm³/mol. The van der Waals surface area contributed by atoms with Gasteiger partial charge in [-0.1, -0.05) is 30.3 Å². The molecule has 21 heavy (non-hydrogen) atoms. The van der Waals surface area contributed by atoms with E-state index in [2.05, 4.69) is 40.4 Å². The van der Waals surface area contributed by atoms with Crippen molar-refractivity contribution in [2.45, 2.75) is 11.8 Å². The molecule has 0 aliphatic heterocycles. The Morgan fingerprint density at radius 2 is 1.90 bits per heavy atom. The lowest BCUT2D eigenvalue weighted by molar-refractivity contribution is -0.119. The lowest BCUT2D eigenvalue weighted by atomic mass is 10.1. The average Bonchev–Trinajstić information content (AvgIpc) is 2.51. The van der Waals surface area contributed by atoms with Gasteiger partial charge in [-0.15, -0.1) is 11.8 Å². The minimum atomic E-state index is -0.117. The highest BCUT2D eigenvalue weighted by atomic mass is 32.2. The van der Waals surface area contributed by atoms with Crippen LogP contribution < -0.4 is 16.2 Å². The second-order valence-corrected chi connectivity index (χ2v) is 5.79. The fourth-order valence-electron chi connectivity index (χ4n) is 1.77. The molecule has 0 unspecified atom stereocenters. The first-order valence-electron chi connectivity index (χ1n) is 6.63. The van der Waals surface area contributed by atoms with Crippen molar-refractivity contribution in [3.8, 4) is 0 Å². The van der Waals surface area contributed by atoms with Crippen LogP contribution in [0.25, 0.3) is 10.8 Å². The van der Waals surface area contributed by atoms with Crippen molar-refractivity contribution in [1.82, 2.24) is 16.2 Å². The summed E-state index contributed by atoms with van der Waals surface area (Å²) in [6, 6.07) is 14.3. The maximum Gasteiger partial charge on any atom is 0.248 e. The van der Waals surface area contributed by atoms with Crippen LogP contribution in [0.2, 0.25) is 0 Å². The Kier molecular flexibility index (Phi) is 5.83. The number of rotatable bonds is 4. The van der Waals surface area contributed by atoms with Gasteiger partial charge in [0.05, 0.1) is 5.75 Å². The molecular weight excluding hydrogens is 302 g/mol. The molecule has 0 saturated carbocycles. The normalized spacial score (nSPS) is 10.1. The van der Waals surface area contributed by atoms with Gasteiger partial charge in [-0.3, -0.25) is 15.6 Å². The molecule has 4 nitrogen and oxygen atoms in total. The number of carbonyl (C=O) groups is 1. The first kappa shape index (κ1) is 15.6. The average molecular weight is 319 g/mol. The van der Waals surface area contributed by atoms with Crippen LogP contribution in [0.3, 0.4) is 0 Å². The number of carbonyl (C=O) groups excluding carboxylic acids is 1. The van der Waals surface area contributed by atoms with Gasteiger partial charge in [0.2, 0.25) is 5.91 Å². The lowest BCUT2D eigenvalue weighted by Crippen LogP contribution is -2.47. The van der Waals surface area contributed by atoms with Gasteiger partial charge in [0.1, 0.15) is 0 Å². The van der Waals surface area contributed by atoms with Gasteiger partial charge in [0.25, 0.3) is 0 Å². The van der Waals surface area contributed by atoms with Crippen molar-refractivity contribution in [3.63, 3.8) is 0 Å². The first-order valence-corrected chi connectivity index (χ1v) is 8.02. The molecule has 3 N–H and O–H groups in total. The zero-order valence-electron chi connectivity index (χ0n) is 11.7. The van der Waals surface area contributed by atoms with Crippen LogP contribution in [0.1, 0.15) is 6.92 Å². The summed E-state index contributed by atoms with van der Waals surface area (Å²) in [7, 11) is 0. The van der Waals surface area contributed by atoms with Crippen molar-refractivity contribution in [3.05, 3.63) is 42.5 Å². The van der Waals surface area contributed by atoms with E-state index in [1.165, 1.54) is 22.5 Å². The smallest absolute Gasteiger partial charge is 0.248 e. The quantitative estimate of drug-likeness (QED) is 0.459. The van der Waals surface area contributed by atoms with Crippen LogP contribution in [0.5, 0.6) is 0 Å². The molecule has 2 aromatic carbocycles. The third kappa shape index (κ3) is 4.91. The maximum absolute atomic E-state index is 11.7. The molecule has 110 valence electrons. The molecule has 0 aliphatic carbocycles. The maximum atomic E-state index is 11.7. The molecule has 0 radical (unpaired) electrons. The largest absolute Gasteiger partial charge is 0.362 e. The summed E-state index contributed by atoms with van der Waals surface area (Å²) in [5, 5.41) is 5.69. The molecule has 0 bridgehead atoms. The second-order valence-electron chi connectivity index (χ2n) is 4.33. The number of hydrogen-bond acceptors (Lipinski definition) is 3. The summed E-state index contributed by atoms with van der Waals surface area (Å²) in [5.41, 5.74) is 5.22. The third-order valence-electron chi connectivity index (χ3n) is 2.74. The van der Waals surface area contributed by atoms with Crippen molar-refractivity contribution >= 4 is 45.8 Å². The topological polar surface area (TPSA) is 53.2 Å². The highest BCUT2D eigenvalue weighted by Gasteiger charge is 2.04. The fraction of sp³-hybridized carbons (Fsp3) is 0.200. The number of hydrogen-bond donors (Lipinski definition) is 3. The zero-order chi connectivity index (χ0) is 15.1. The second kappa shape index (κ2) is 7.85. The van der Waals surface area contributed by atoms with E-state index in [9.17, 15) is 4.79 Å². The molecule has 0 spiro atoms. The lowest BCUT2D eigenvalue weighted by Gasteiger charge is -2.10. The summed E-state index contributed by atoms with van der Waals surface area (Å²) < 4.78 is 0. The van der Waals surface area contributed by atoms with E-state index in [1.54, 1.807) is 0 Å². The van der Waals surface area contributed by atoms with Gasteiger partial charge in [-0.05, 0) is 42.0 Å². The highest BCUT2D eigenvalue weighted by molar-refractivity contribution is 8.00. The Balaban J connectivity index is 1.83. The third-order valence-corrected chi connectivity index (χ3v) is 3.98. The molecule has 0 heterocycles. The molecule has 0 aliphatic rings. The first-order chi connectivity index (χ1) is 10.2. The van der Waals surface area contributed by atoms with Gasteiger partial charge in [0, 0.05) is 11.4 Å². The number of thiocarbonyl (C=S) groups is 1. The van der Waals surface area contributed by atoms with Gasteiger partial charge in [-0.2, -0.15) is 0 Å². The molecule has 2 aromatic rings. The van der Waals surface area contributed by atoms with Gasteiger partial charge in [-0.25, -0.2) is 0 Å². The molecule has 0 aromatic heterocycles. The number of fused-ring (bicyclic) bond motifs is 1. The zero-order valence-corrected chi connectivity index (χ0v) is 13.3. The number of benzene rings is 2. The number of amides is 1. The molecule has 6 heteroatoms. The summed E-state index contributed by atoms with van der Waals surface area (Å²) in [5.74, 6) is 0.216. The van der Waals surface area contributed by atoms with Crippen LogP contribution in [0.4, 0.5) is 0 Å². The minimum absolute atomic E-state index is 0.117. The Morgan fingerprint density at radius 1 is 1.14 bits per heavy atom. The van der Waals surface area contributed by atoms with Crippen LogP contribution in [0.15, 0.2) is 47.4 Å². The van der Waals surface area contributed by atoms with Gasteiger partial charge in [0.15, 0.2) is 5.11 Å². The number of thioether (sulfide) groups is 1.